The van der Waals surface area contributed by atoms with Crippen molar-refractivity contribution in [2.24, 2.45) is 11.8 Å². The summed E-state index contributed by atoms with van der Waals surface area (Å²) in [6.07, 6.45) is 2.64. The van der Waals surface area contributed by atoms with Gasteiger partial charge in [-0.15, -0.1) is 0 Å². The third-order valence-electron chi connectivity index (χ3n) is 13.1. The number of aromatic nitrogens is 4. The number of amides is 4. The number of carbonyl (C=O) groups excluding carboxylic acids is 4. The van der Waals surface area contributed by atoms with Crippen LogP contribution >= 0.6 is 0 Å². The number of nitrogens with zero attached hydrogens (tertiary/aromatic N) is 4. The number of benzene rings is 4. The van der Waals surface area contributed by atoms with Crippen molar-refractivity contribution >= 4 is 45.8 Å². The van der Waals surface area contributed by atoms with Crippen molar-refractivity contribution in [1.82, 2.24) is 40.4 Å². The molecule has 16 nitrogen and oxygen atoms in total. The number of likely N-dealkylation sites (tertiary alicyclic amines) is 2. The molecule has 65 heavy (non-hydrogen) atoms. The first-order valence-corrected chi connectivity index (χ1v) is 22.1. The van der Waals surface area contributed by atoms with Crippen LogP contribution in [-0.4, -0.2) is 100 Å². The van der Waals surface area contributed by atoms with Gasteiger partial charge in [0, 0.05) is 36.6 Å². The highest BCUT2D eigenvalue weighted by atomic mass is 16.5. The van der Waals surface area contributed by atoms with Gasteiger partial charge in [-0.1, -0.05) is 62.4 Å². The average molecular weight is 883 g/mol. The Morgan fingerprint density at radius 1 is 0.862 bits per heavy atom. The van der Waals surface area contributed by atoms with Crippen LogP contribution in [0, 0.1) is 11.8 Å². The van der Waals surface area contributed by atoms with Gasteiger partial charge in [-0.2, -0.15) is 0 Å². The topological polar surface area (TPSA) is 193 Å². The van der Waals surface area contributed by atoms with Gasteiger partial charge in [-0.05, 0) is 84.0 Å². The molecule has 0 radical (unpaired) electrons. The number of methoxy groups -OCH3 is 3. The number of carbonyl (C=O) groups is 4. The number of ether oxygens (including phenoxy) is 4. The van der Waals surface area contributed by atoms with Gasteiger partial charge in [-0.25, -0.2) is 19.6 Å². The number of fused-ring (bicyclic) bond motifs is 6. The molecule has 0 aliphatic carbocycles. The summed E-state index contributed by atoms with van der Waals surface area (Å²) in [5.74, 6) is 1.61. The summed E-state index contributed by atoms with van der Waals surface area (Å²) in [5.41, 5.74) is 7.09. The van der Waals surface area contributed by atoms with Gasteiger partial charge in [-0.3, -0.25) is 9.59 Å². The molecule has 4 amide bonds. The molecule has 3 aliphatic rings. The second-order valence-corrected chi connectivity index (χ2v) is 17.6. The fraction of sp³-hybridized carbons (Fsp3) is 0.388. The largest absolute Gasteiger partial charge is 0.488 e. The Morgan fingerprint density at radius 3 is 2.40 bits per heavy atom. The minimum Gasteiger partial charge on any atom is -0.488 e. The minimum absolute atomic E-state index is 0.0342. The highest BCUT2D eigenvalue weighted by Gasteiger charge is 2.43. The van der Waals surface area contributed by atoms with Crippen molar-refractivity contribution in [2.75, 3.05) is 34.5 Å². The monoisotopic (exact) mass is 882 g/mol. The first kappa shape index (κ1) is 43.3. The maximum absolute atomic E-state index is 14.3. The molecule has 2 fully saturated rings. The summed E-state index contributed by atoms with van der Waals surface area (Å²) in [5, 5.41) is 7.42. The standard InChI is InChI=1S/C49H54N8O8/c1-26(2)41(54-48(60)63-5)47(59)57-27(3)12-17-38(57)45-51-36-16-14-30-20-35-33-15-13-31(19-32(33)25-65-40(35)21-34(30)43(36)53-45)37-22-50-44(52-37)39-18-28(24-62-4)23-56(39)46(58)42(55-49(61)64-6)29-10-8-7-9-11-29/h7-11,13-16,19-22,26-28,38-39,41-42H,12,17-18,23-25H2,1-6H3,(H,50,52)(H,51,53)(H,54,60)(H,55,61)/t27-,28-,38?,39?,41-,42+/m0/s1. The maximum Gasteiger partial charge on any atom is 0.407 e. The van der Waals surface area contributed by atoms with E-state index in [1.807, 2.05) is 62.1 Å². The number of aromatic amines is 2. The summed E-state index contributed by atoms with van der Waals surface area (Å²) in [4.78, 5) is 73.5. The smallest absolute Gasteiger partial charge is 0.407 e. The van der Waals surface area contributed by atoms with E-state index in [0.717, 1.165) is 68.3 Å². The molecule has 9 rings (SSSR count). The molecule has 5 heterocycles. The Balaban J connectivity index is 0.974. The summed E-state index contributed by atoms with van der Waals surface area (Å²) in [6.45, 7) is 7.11. The Morgan fingerprint density at radius 2 is 1.65 bits per heavy atom. The predicted octanol–water partition coefficient (Wildman–Crippen LogP) is 7.73. The Kier molecular flexibility index (Phi) is 11.9. The number of nitrogens with one attached hydrogen (secondary N) is 4. The van der Waals surface area contributed by atoms with Crippen LogP contribution < -0.4 is 15.4 Å². The summed E-state index contributed by atoms with van der Waals surface area (Å²) in [7, 11) is 4.22. The predicted molar refractivity (Wildman–Crippen MR) is 243 cm³/mol. The molecule has 2 unspecified atom stereocenters. The number of hydrogen-bond donors (Lipinski definition) is 4. The minimum atomic E-state index is -0.948. The van der Waals surface area contributed by atoms with Crippen molar-refractivity contribution in [3.63, 3.8) is 0 Å². The van der Waals surface area contributed by atoms with Gasteiger partial charge in [0.15, 0.2) is 0 Å². The molecular formula is C49H54N8O8. The number of H-pyrrole nitrogens is 2. The molecule has 338 valence electrons. The molecule has 4 N–H and O–H groups in total. The third-order valence-corrected chi connectivity index (χ3v) is 13.1. The molecule has 0 saturated carbocycles. The van der Waals surface area contributed by atoms with Gasteiger partial charge in [0.2, 0.25) is 5.91 Å². The summed E-state index contributed by atoms with van der Waals surface area (Å²) < 4.78 is 21.7. The first-order valence-electron chi connectivity index (χ1n) is 22.1. The van der Waals surface area contributed by atoms with Crippen LogP contribution in [0.2, 0.25) is 0 Å². The van der Waals surface area contributed by atoms with Crippen molar-refractivity contribution in [3.8, 4) is 28.1 Å². The highest BCUT2D eigenvalue weighted by molar-refractivity contribution is 6.07. The van der Waals surface area contributed by atoms with Crippen molar-refractivity contribution in [3.05, 3.63) is 102 Å². The van der Waals surface area contributed by atoms with E-state index in [1.54, 1.807) is 18.2 Å². The molecule has 3 aliphatic heterocycles. The lowest BCUT2D eigenvalue weighted by molar-refractivity contribution is -0.137. The lowest BCUT2D eigenvalue weighted by Gasteiger charge is -2.32. The highest BCUT2D eigenvalue weighted by Crippen LogP contribution is 2.44. The molecular weight excluding hydrogens is 829 g/mol. The van der Waals surface area contributed by atoms with Crippen LogP contribution in [0.5, 0.6) is 5.75 Å². The third kappa shape index (κ3) is 8.22. The lowest BCUT2D eigenvalue weighted by atomic mass is 9.92. The zero-order chi connectivity index (χ0) is 45.5. The lowest BCUT2D eigenvalue weighted by Crippen LogP contribution is -2.52. The molecule has 0 bridgehead atoms. The zero-order valence-corrected chi connectivity index (χ0v) is 37.3. The molecule has 2 saturated heterocycles. The Labute approximate surface area is 376 Å². The molecule has 2 aromatic heterocycles. The van der Waals surface area contributed by atoms with Crippen LogP contribution in [0.3, 0.4) is 0 Å². The van der Waals surface area contributed by atoms with Crippen LogP contribution in [0.4, 0.5) is 9.59 Å². The van der Waals surface area contributed by atoms with Crippen LogP contribution in [0.1, 0.15) is 80.9 Å². The Bertz CT molecular complexity index is 2770. The number of alkyl carbamates (subject to hydrolysis) is 2. The fourth-order valence-corrected chi connectivity index (χ4v) is 9.83. The van der Waals surface area contributed by atoms with Gasteiger partial charge in [0.25, 0.3) is 5.91 Å². The maximum atomic E-state index is 14.3. The number of rotatable bonds is 11. The van der Waals surface area contributed by atoms with Gasteiger partial charge in [0.05, 0.1) is 55.8 Å². The van der Waals surface area contributed by atoms with E-state index < -0.39 is 24.3 Å². The van der Waals surface area contributed by atoms with Gasteiger partial charge >= 0.3 is 12.2 Å². The summed E-state index contributed by atoms with van der Waals surface area (Å²) >= 11 is 0. The van der Waals surface area contributed by atoms with E-state index in [0.29, 0.717) is 43.4 Å². The fourth-order valence-electron chi connectivity index (χ4n) is 9.83. The van der Waals surface area contributed by atoms with E-state index in [1.165, 1.54) is 14.2 Å². The Hall–Kier alpha value is -6.94. The van der Waals surface area contributed by atoms with Gasteiger partial charge in [0.1, 0.15) is 36.1 Å². The SMILES string of the molecule is COC[C@H]1CC(c2ncc(-c3ccc4c(c3)COc3cc5c(ccc6[nH]c(C7CC[C@H](C)N7C(=O)[C@@H](NC(=O)OC)C(C)C)nc65)cc3-4)[nH]2)N(C(=O)[C@H](NC(=O)OC)c2ccccc2)C1. The van der Waals surface area contributed by atoms with E-state index in [4.69, 9.17) is 28.9 Å². The van der Waals surface area contributed by atoms with E-state index in [2.05, 4.69) is 57.0 Å². The average Bonchev–Trinajstić information content (AvgIpc) is 4.15. The van der Waals surface area contributed by atoms with Crippen LogP contribution in [0.25, 0.3) is 44.2 Å². The molecule has 6 aromatic rings. The van der Waals surface area contributed by atoms with Crippen LogP contribution in [-0.2, 0) is 30.4 Å². The second kappa shape index (κ2) is 17.9. The van der Waals surface area contributed by atoms with E-state index in [-0.39, 0.29) is 41.8 Å². The number of hydrogen-bond acceptors (Lipinski definition) is 10. The van der Waals surface area contributed by atoms with Gasteiger partial charge < -0.3 is 49.3 Å². The molecule has 4 aromatic carbocycles. The van der Waals surface area contributed by atoms with Crippen molar-refractivity contribution < 1.29 is 38.1 Å². The molecule has 16 heteroatoms. The van der Waals surface area contributed by atoms with Crippen molar-refractivity contribution in [2.45, 2.75) is 76.8 Å². The van der Waals surface area contributed by atoms with E-state index >= 15 is 0 Å². The van der Waals surface area contributed by atoms with Crippen molar-refractivity contribution in [1.29, 1.82) is 0 Å². The van der Waals surface area contributed by atoms with E-state index in [9.17, 15) is 19.2 Å². The normalized spacial score (nSPS) is 20.0. The number of imidazole rings is 2. The molecule has 6 atom stereocenters. The first-order chi connectivity index (χ1) is 31.5. The molecule has 0 spiro atoms. The zero-order valence-electron chi connectivity index (χ0n) is 37.3. The quantitative estimate of drug-likeness (QED) is 0.100. The second-order valence-electron chi connectivity index (χ2n) is 17.6. The summed E-state index contributed by atoms with van der Waals surface area (Å²) in [6, 6.07) is 21.3. The van der Waals surface area contributed by atoms with Crippen LogP contribution in [0.15, 0.2) is 79.0 Å².